The first kappa shape index (κ1) is 9.08. The summed E-state index contributed by atoms with van der Waals surface area (Å²) in [5.41, 5.74) is 1.62. The minimum Gasteiger partial charge on any atom is -0.290 e. The van der Waals surface area contributed by atoms with Crippen LogP contribution in [0.3, 0.4) is 0 Å². The van der Waals surface area contributed by atoms with Gasteiger partial charge in [0.05, 0.1) is 5.56 Å². The van der Waals surface area contributed by atoms with Crippen molar-refractivity contribution < 1.29 is 9.18 Å². The van der Waals surface area contributed by atoms with Crippen LogP contribution in [0.4, 0.5) is 4.39 Å². The minimum absolute atomic E-state index is 0.188. The quantitative estimate of drug-likeness (QED) is 0.323. The highest BCUT2D eigenvalue weighted by molar-refractivity contribution is 9.10. The molecule has 0 radical (unpaired) electrons. The average Bonchev–Trinajstić information content (AvgIpc) is 2.08. The first-order chi connectivity index (χ1) is 5.65. The molecule has 1 amide bonds. The van der Waals surface area contributed by atoms with Gasteiger partial charge in [-0.25, -0.2) is 10.8 Å². The van der Waals surface area contributed by atoms with E-state index in [1.54, 1.807) is 0 Å². The SMILES string of the molecule is NNC(=O)c1cc(Br)cnc1F. The Hall–Kier alpha value is -1.01. The number of nitrogen functional groups attached to an aromatic ring is 1. The summed E-state index contributed by atoms with van der Waals surface area (Å²) in [4.78, 5) is 14.2. The smallest absolute Gasteiger partial charge is 0.269 e. The minimum atomic E-state index is -0.846. The molecular weight excluding hydrogens is 229 g/mol. The van der Waals surface area contributed by atoms with E-state index in [1.165, 1.54) is 12.3 Å². The first-order valence-corrected chi connectivity index (χ1v) is 3.76. The Kier molecular flexibility index (Phi) is 2.72. The van der Waals surface area contributed by atoms with Crippen molar-refractivity contribution in [2.45, 2.75) is 0 Å². The van der Waals surface area contributed by atoms with Crippen molar-refractivity contribution in [1.82, 2.24) is 10.4 Å². The van der Waals surface area contributed by atoms with Gasteiger partial charge in [0, 0.05) is 10.7 Å². The zero-order valence-corrected chi connectivity index (χ0v) is 7.43. The fraction of sp³-hybridized carbons (Fsp3) is 0. The van der Waals surface area contributed by atoms with Crippen molar-refractivity contribution in [2.24, 2.45) is 5.84 Å². The van der Waals surface area contributed by atoms with Gasteiger partial charge in [0.1, 0.15) is 0 Å². The summed E-state index contributed by atoms with van der Waals surface area (Å²) in [6.45, 7) is 0. The molecule has 3 N–H and O–H groups in total. The molecule has 12 heavy (non-hydrogen) atoms. The molecule has 0 spiro atoms. The predicted molar refractivity (Wildman–Crippen MR) is 43.5 cm³/mol. The van der Waals surface area contributed by atoms with Crippen molar-refractivity contribution in [3.8, 4) is 0 Å². The maximum absolute atomic E-state index is 12.8. The van der Waals surface area contributed by atoms with Gasteiger partial charge in [-0.05, 0) is 22.0 Å². The van der Waals surface area contributed by atoms with Crippen molar-refractivity contribution in [3.63, 3.8) is 0 Å². The van der Waals surface area contributed by atoms with Gasteiger partial charge in [0.15, 0.2) is 0 Å². The van der Waals surface area contributed by atoms with Crippen molar-refractivity contribution in [1.29, 1.82) is 0 Å². The second kappa shape index (κ2) is 3.59. The molecule has 1 aromatic rings. The number of aromatic nitrogens is 1. The highest BCUT2D eigenvalue weighted by atomic mass is 79.9. The molecule has 0 unspecified atom stereocenters. The number of pyridine rings is 1. The largest absolute Gasteiger partial charge is 0.290 e. The maximum atomic E-state index is 12.8. The molecule has 4 nitrogen and oxygen atoms in total. The maximum Gasteiger partial charge on any atom is 0.269 e. The summed E-state index contributed by atoms with van der Waals surface area (Å²) in [5.74, 6) is 3.26. The number of rotatable bonds is 1. The normalized spacial score (nSPS) is 9.58. The second-order valence-corrected chi connectivity index (χ2v) is 2.88. The number of halogens is 2. The Morgan fingerprint density at radius 1 is 1.75 bits per heavy atom. The zero-order valence-electron chi connectivity index (χ0n) is 5.84. The van der Waals surface area contributed by atoms with E-state index >= 15 is 0 Å². The molecule has 6 heteroatoms. The van der Waals surface area contributed by atoms with Crippen LogP contribution >= 0.6 is 15.9 Å². The Morgan fingerprint density at radius 3 is 3.00 bits per heavy atom. The third-order valence-electron chi connectivity index (χ3n) is 1.18. The molecule has 0 aliphatic carbocycles. The fourth-order valence-corrected chi connectivity index (χ4v) is 0.991. The molecule has 0 aliphatic rings. The Morgan fingerprint density at radius 2 is 2.42 bits per heavy atom. The first-order valence-electron chi connectivity index (χ1n) is 2.97. The summed E-state index contributed by atoms with van der Waals surface area (Å²) in [5, 5.41) is 0. The highest BCUT2D eigenvalue weighted by Gasteiger charge is 2.11. The molecule has 0 aliphatic heterocycles. The van der Waals surface area contributed by atoms with Gasteiger partial charge in [0.25, 0.3) is 5.91 Å². The van der Waals surface area contributed by atoms with Crippen molar-refractivity contribution in [2.75, 3.05) is 0 Å². The van der Waals surface area contributed by atoms with E-state index in [9.17, 15) is 9.18 Å². The molecular formula is C6H5BrFN3O. The number of hydrogen-bond acceptors (Lipinski definition) is 3. The van der Waals surface area contributed by atoms with E-state index in [1.807, 2.05) is 5.43 Å². The van der Waals surface area contributed by atoms with E-state index < -0.39 is 11.9 Å². The van der Waals surface area contributed by atoms with Crippen LogP contribution in [-0.4, -0.2) is 10.9 Å². The van der Waals surface area contributed by atoms with Crippen LogP contribution in [0.25, 0.3) is 0 Å². The van der Waals surface area contributed by atoms with Gasteiger partial charge in [-0.15, -0.1) is 0 Å². The number of carbonyl (C=O) groups is 1. The molecule has 1 aromatic heterocycles. The number of nitrogens with one attached hydrogen (secondary N) is 1. The standard InChI is InChI=1S/C6H5BrFN3O/c7-3-1-4(6(12)11-9)5(8)10-2-3/h1-2H,9H2,(H,11,12). The van der Waals surface area contributed by atoms with Crippen LogP contribution in [0, 0.1) is 5.95 Å². The molecule has 0 atom stereocenters. The van der Waals surface area contributed by atoms with Gasteiger partial charge in [-0.2, -0.15) is 4.39 Å². The number of carbonyl (C=O) groups excluding carboxylic acids is 1. The van der Waals surface area contributed by atoms with E-state index in [0.29, 0.717) is 4.47 Å². The average molecular weight is 234 g/mol. The lowest BCUT2D eigenvalue weighted by Gasteiger charge is -1.99. The van der Waals surface area contributed by atoms with Gasteiger partial charge in [0.2, 0.25) is 5.95 Å². The summed E-state index contributed by atoms with van der Waals surface area (Å²) >= 11 is 3.04. The summed E-state index contributed by atoms with van der Waals surface area (Å²) in [7, 11) is 0. The highest BCUT2D eigenvalue weighted by Crippen LogP contribution is 2.12. The van der Waals surface area contributed by atoms with Gasteiger partial charge >= 0.3 is 0 Å². The Labute approximate surface area is 76.1 Å². The van der Waals surface area contributed by atoms with Crippen LogP contribution < -0.4 is 11.3 Å². The van der Waals surface area contributed by atoms with E-state index in [4.69, 9.17) is 5.84 Å². The summed E-state index contributed by atoms with van der Waals surface area (Å²) < 4.78 is 13.3. The number of amides is 1. The van der Waals surface area contributed by atoms with Gasteiger partial charge in [-0.1, -0.05) is 0 Å². The topological polar surface area (TPSA) is 68.0 Å². The number of hydrazine groups is 1. The molecule has 0 saturated heterocycles. The lowest BCUT2D eigenvalue weighted by Crippen LogP contribution is -2.30. The van der Waals surface area contributed by atoms with Crippen LogP contribution in [0.15, 0.2) is 16.7 Å². The predicted octanol–water partition coefficient (Wildman–Crippen LogP) is 0.587. The second-order valence-electron chi connectivity index (χ2n) is 1.97. The third-order valence-corrected chi connectivity index (χ3v) is 1.62. The summed E-state index contributed by atoms with van der Waals surface area (Å²) in [6.07, 6.45) is 1.25. The van der Waals surface area contributed by atoms with E-state index in [2.05, 4.69) is 20.9 Å². The lowest BCUT2D eigenvalue weighted by molar-refractivity contribution is 0.0948. The Balaban J connectivity index is 3.13. The van der Waals surface area contributed by atoms with Crippen molar-refractivity contribution in [3.05, 3.63) is 28.2 Å². The van der Waals surface area contributed by atoms with E-state index in [0.717, 1.165) is 0 Å². The molecule has 0 fully saturated rings. The van der Waals surface area contributed by atoms with Crippen LogP contribution in [0.2, 0.25) is 0 Å². The van der Waals surface area contributed by atoms with Gasteiger partial charge < -0.3 is 0 Å². The fourth-order valence-electron chi connectivity index (χ4n) is 0.660. The Bertz CT molecular complexity index is 318. The van der Waals surface area contributed by atoms with E-state index in [-0.39, 0.29) is 5.56 Å². The number of nitrogens with two attached hydrogens (primary N) is 1. The number of nitrogens with zero attached hydrogens (tertiary/aromatic N) is 1. The molecule has 0 saturated carbocycles. The molecule has 0 aromatic carbocycles. The molecule has 1 rings (SSSR count). The monoisotopic (exact) mass is 233 g/mol. The molecule has 1 heterocycles. The number of hydrogen-bond donors (Lipinski definition) is 2. The van der Waals surface area contributed by atoms with Gasteiger partial charge in [-0.3, -0.25) is 10.2 Å². The van der Waals surface area contributed by atoms with Crippen LogP contribution in [0.1, 0.15) is 10.4 Å². The molecule has 64 valence electrons. The summed E-state index contributed by atoms with van der Waals surface area (Å²) in [6, 6.07) is 1.30. The van der Waals surface area contributed by atoms with Crippen LogP contribution in [-0.2, 0) is 0 Å². The van der Waals surface area contributed by atoms with Crippen LogP contribution in [0.5, 0.6) is 0 Å². The zero-order chi connectivity index (χ0) is 9.14. The lowest BCUT2D eigenvalue weighted by atomic mass is 10.3. The third kappa shape index (κ3) is 1.77. The molecule has 0 bridgehead atoms. The van der Waals surface area contributed by atoms with Crippen molar-refractivity contribution >= 4 is 21.8 Å².